The van der Waals surface area contributed by atoms with Crippen molar-refractivity contribution < 1.29 is 9.90 Å². The number of carbonyl (C=O) groups is 1. The predicted molar refractivity (Wildman–Crippen MR) is 148 cm³/mol. The van der Waals surface area contributed by atoms with Gasteiger partial charge in [-0.2, -0.15) is 5.10 Å². The molecule has 3 aromatic rings. The molecule has 6 rings (SSSR count). The molecule has 3 aliphatic rings. The molecule has 1 spiro atoms. The molecule has 2 N–H and O–H groups in total. The number of carboxylic acids is 1. The number of hydrogen-bond donors (Lipinski definition) is 2. The van der Waals surface area contributed by atoms with Gasteiger partial charge in [0.05, 0.1) is 23.5 Å². The first-order chi connectivity index (χ1) is 18.4. The van der Waals surface area contributed by atoms with E-state index in [0.29, 0.717) is 5.41 Å². The van der Waals surface area contributed by atoms with E-state index in [-0.39, 0.29) is 12.3 Å². The van der Waals surface area contributed by atoms with Gasteiger partial charge in [0.2, 0.25) is 0 Å². The molecule has 8 heteroatoms. The van der Waals surface area contributed by atoms with Crippen LogP contribution in [-0.2, 0) is 17.8 Å². The first kappa shape index (κ1) is 25.1. The Morgan fingerprint density at radius 1 is 1.13 bits per heavy atom. The molecular formula is C30H38N6O2. The lowest BCUT2D eigenvalue weighted by atomic mass is 9.78. The molecule has 0 unspecified atom stereocenters. The lowest BCUT2D eigenvalue weighted by molar-refractivity contribution is -0.137. The Hall–Kier alpha value is -3.23. The first-order valence-corrected chi connectivity index (χ1v) is 13.9. The third-order valence-corrected chi connectivity index (χ3v) is 8.47. The maximum Gasteiger partial charge on any atom is 0.304 e. The van der Waals surface area contributed by atoms with Crippen molar-refractivity contribution in [3.05, 3.63) is 70.7 Å². The van der Waals surface area contributed by atoms with E-state index in [0.717, 1.165) is 86.4 Å². The van der Waals surface area contributed by atoms with E-state index in [1.807, 2.05) is 30.7 Å². The highest BCUT2D eigenvalue weighted by Gasteiger charge is 2.47. The van der Waals surface area contributed by atoms with E-state index in [9.17, 15) is 9.90 Å². The lowest BCUT2D eigenvalue weighted by Crippen LogP contribution is -2.58. The number of likely N-dealkylation sites (tertiary alicyclic amines) is 2. The number of anilines is 1. The van der Waals surface area contributed by atoms with Gasteiger partial charge in [0.15, 0.2) is 0 Å². The molecular weight excluding hydrogens is 476 g/mol. The highest BCUT2D eigenvalue weighted by molar-refractivity contribution is 5.68. The second kappa shape index (κ2) is 10.2. The summed E-state index contributed by atoms with van der Waals surface area (Å²) in [6.07, 6.45) is 3.63. The van der Waals surface area contributed by atoms with Gasteiger partial charge in [0.25, 0.3) is 0 Å². The van der Waals surface area contributed by atoms with Crippen molar-refractivity contribution in [2.45, 2.75) is 52.0 Å². The monoisotopic (exact) mass is 514 g/mol. The molecule has 3 aliphatic heterocycles. The minimum atomic E-state index is -0.749. The summed E-state index contributed by atoms with van der Waals surface area (Å²) in [5.41, 5.74) is 6.92. The third kappa shape index (κ3) is 5.20. The van der Waals surface area contributed by atoms with Crippen LogP contribution in [0, 0.1) is 19.3 Å². The van der Waals surface area contributed by atoms with Crippen LogP contribution in [-0.4, -0.2) is 74.9 Å². The van der Waals surface area contributed by atoms with Crippen molar-refractivity contribution in [2.75, 3.05) is 44.6 Å². The number of aromatic nitrogens is 3. The topological polar surface area (TPSA) is 86.5 Å². The van der Waals surface area contributed by atoms with Crippen LogP contribution in [0.2, 0.25) is 0 Å². The fourth-order valence-electron chi connectivity index (χ4n) is 6.75. The average Bonchev–Trinajstić information content (AvgIpc) is 3.45. The van der Waals surface area contributed by atoms with E-state index in [4.69, 9.17) is 4.98 Å². The lowest BCUT2D eigenvalue weighted by Gasteiger charge is -2.49. The van der Waals surface area contributed by atoms with Crippen LogP contribution in [0.3, 0.4) is 0 Å². The summed E-state index contributed by atoms with van der Waals surface area (Å²) in [5, 5.41) is 17.7. The van der Waals surface area contributed by atoms with Crippen LogP contribution in [0.4, 0.5) is 5.82 Å². The van der Waals surface area contributed by atoms with Gasteiger partial charge in [-0.05, 0) is 75.0 Å². The molecule has 5 heterocycles. The van der Waals surface area contributed by atoms with Gasteiger partial charge >= 0.3 is 5.97 Å². The van der Waals surface area contributed by atoms with E-state index < -0.39 is 5.97 Å². The Morgan fingerprint density at radius 2 is 1.97 bits per heavy atom. The zero-order valence-corrected chi connectivity index (χ0v) is 22.5. The number of benzene rings is 1. The highest BCUT2D eigenvalue weighted by Crippen LogP contribution is 2.41. The molecule has 1 aromatic carbocycles. The smallest absolute Gasteiger partial charge is 0.304 e. The zero-order valence-electron chi connectivity index (χ0n) is 22.5. The largest absolute Gasteiger partial charge is 0.481 e. The Labute approximate surface area is 224 Å². The highest BCUT2D eigenvalue weighted by atomic mass is 16.4. The number of carboxylic acid groups (broad SMARTS) is 1. The number of nitrogens with zero attached hydrogens (tertiary/aromatic N) is 5. The second-order valence-corrected chi connectivity index (χ2v) is 11.7. The molecule has 0 radical (unpaired) electrons. The van der Waals surface area contributed by atoms with Crippen LogP contribution >= 0.6 is 0 Å². The van der Waals surface area contributed by atoms with E-state index in [1.165, 1.54) is 18.4 Å². The zero-order chi connectivity index (χ0) is 26.3. The summed E-state index contributed by atoms with van der Waals surface area (Å²) in [6.45, 7) is 11.0. The molecule has 0 saturated carbocycles. The van der Waals surface area contributed by atoms with Crippen molar-refractivity contribution >= 4 is 11.8 Å². The van der Waals surface area contributed by atoms with Crippen molar-refractivity contribution in [3.8, 4) is 5.69 Å². The first-order valence-electron chi connectivity index (χ1n) is 13.9. The second-order valence-electron chi connectivity index (χ2n) is 11.7. The number of fused-ring (bicyclic) bond motifs is 1. The summed E-state index contributed by atoms with van der Waals surface area (Å²) in [6, 6.07) is 14.7. The maximum atomic E-state index is 11.8. The van der Waals surface area contributed by atoms with Crippen LogP contribution in [0.15, 0.2) is 42.5 Å². The minimum Gasteiger partial charge on any atom is -0.481 e. The Kier molecular flexibility index (Phi) is 6.70. The molecule has 1 atom stereocenters. The van der Waals surface area contributed by atoms with Crippen LogP contribution in [0.5, 0.6) is 0 Å². The van der Waals surface area contributed by atoms with Crippen molar-refractivity contribution in [2.24, 2.45) is 5.41 Å². The maximum absolute atomic E-state index is 11.8. The van der Waals surface area contributed by atoms with Crippen LogP contribution in [0.25, 0.3) is 5.69 Å². The number of rotatable bonds is 8. The normalized spacial score (nSPS) is 19.6. The average molecular weight is 515 g/mol. The molecule has 8 nitrogen and oxygen atoms in total. The quantitative estimate of drug-likeness (QED) is 0.470. The summed E-state index contributed by atoms with van der Waals surface area (Å²) in [7, 11) is 0. The van der Waals surface area contributed by atoms with Gasteiger partial charge in [0.1, 0.15) is 5.82 Å². The number of pyridine rings is 1. The van der Waals surface area contributed by atoms with Crippen molar-refractivity contribution in [3.63, 3.8) is 0 Å². The fraction of sp³-hybridized carbons (Fsp3) is 0.500. The Bertz CT molecular complexity index is 1330. The number of hydrogen-bond acceptors (Lipinski definition) is 6. The van der Waals surface area contributed by atoms with Crippen molar-refractivity contribution in [1.29, 1.82) is 0 Å². The molecule has 2 saturated heterocycles. The van der Waals surface area contributed by atoms with Crippen molar-refractivity contribution in [1.82, 2.24) is 24.6 Å². The SMILES string of the molecule is Cc1cc(C)n(-c2cccc([C@H](CC(=O)O)CN3CC4(CCN(Cc5ccc6c(n5)NCCC6)C4)C3)c2)n1. The van der Waals surface area contributed by atoms with Gasteiger partial charge in [-0.1, -0.05) is 18.2 Å². The van der Waals surface area contributed by atoms with E-state index in [2.05, 4.69) is 50.5 Å². The van der Waals surface area contributed by atoms with E-state index >= 15 is 0 Å². The molecule has 2 aromatic heterocycles. The molecule has 200 valence electrons. The minimum absolute atomic E-state index is 0.0496. The summed E-state index contributed by atoms with van der Waals surface area (Å²) in [5.74, 6) is 0.274. The standard InChI is InChI=1S/C30H38N6O2/c1-21-13-22(2)36(33-21)27-7-3-5-24(14-27)25(15-28(37)38)16-35-19-30(20-35)10-12-34(18-30)17-26-9-8-23-6-4-11-31-29(23)32-26/h3,5,7-9,13-14,25H,4,6,10-12,15-20H2,1-2H3,(H,31,32)(H,37,38)/t25-/m1/s1. The Morgan fingerprint density at radius 3 is 2.76 bits per heavy atom. The molecule has 0 aliphatic carbocycles. The molecule has 0 bridgehead atoms. The predicted octanol–water partition coefficient (Wildman–Crippen LogP) is 4.01. The van der Waals surface area contributed by atoms with Gasteiger partial charge in [0, 0.05) is 56.3 Å². The summed E-state index contributed by atoms with van der Waals surface area (Å²) in [4.78, 5) is 21.7. The Balaban J connectivity index is 1.08. The number of aryl methyl sites for hydroxylation is 3. The van der Waals surface area contributed by atoms with Crippen LogP contribution < -0.4 is 5.32 Å². The van der Waals surface area contributed by atoms with Gasteiger partial charge in [-0.3, -0.25) is 9.69 Å². The number of nitrogens with one attached hydrogen (secondary N) is 1. The number of aliphatic carboxylic acids is 1. The molecule has 2 fully saturated rings. The molecule has 38 heavy (non-hydrogen) atoms. The van der Waals surface area contributed by atoms with Gasteiger partial charge in [-0.15, -0.1) is 0 Å². The summed E-state index contributed by atoms with van der Waals surface area (Å²) < 4.78 is 1.94. The van der Waals surface area contributed by atoms with Gasteiger partial charge < -0.3 is 15.3 Å². The third-order valence-electron chi connectivity index (χ3n) is 8.47. The summed E-state index contributed by atoms with van der Waals surface area (Å²) >= 11 is 0. The van der Waals surface area contributed by atoms with Crippen LogP contribution in [0.1, 0.15) is 53.4 Å². The molecule has 0 amide bonds. The van der Waals surface area contributed by atoms with Gasteiger partial charge in [-0.25, -0.2) is 9.67 Å². The fourth-order valence-corrected chi connectivity index (χ4v) is 6.75. The van der Waals surface area contributed by atoms with E-state index in [1.54, 1.807) is 0 Å².